The van der Waals surface area contributed by atoms with Crippen LogP contribution in [0, 0.1) is 4.77 Å². The van der Waals surface area contributed by atoms with Crippen molar-refractivity contribution in [2.24, 2.45) is 7.05 Å². The van der Waals surface area contributed by atoms with Crippen LogP contribution < -0.4 is 0 Å². The van der Waals surface area contributed by atoms with Crippen LogP contribution in [-0.4, -0.2) is 30.9 Å². The Kier molecular flexibility index (Phi) is 2.53. The molecule has 0 spiro atoms. The number of aromatic carboxylic acids is 1. The van der Waals surface area contributed by atoms with Gasteiger partial charge in [0.2, 0.25) is 4.77 Å². The lowest BCUT2D eigenvalue weighted by Gasteiger charge is -1.99. The van der Waals surface area contributed by atoms with E-state index in [1.165, 1.54) is 21.5 Å². The lowest BCUT2D eigenvalue weighted by atomic mass is 10.2. The molecule has 0 aliphatic carbocycles. The minimum Gasteiger partial charge on any atom is -0.478 e. The summed E-state index contributed by atoms with van der Waals surface area (Å²) in [6.07, 6.45) is 0. The predicted molar refractivity (Wildman–Crippen MR) is 58.1 cm³/mol. The van der Waals surface area contributed by atoms with Crippen molar-refractivity contribution < 1.29 is 9.90 Å². The Hall–Kier alpha value is -2.02. The smallest absolute Gasteiger partial charge is 0.335 e. The van der Waals surface area contributed by atoms with Gasteiger partial charge in [-0.15, -0.1) is 0 Å². The largest absolute Gasteiger partial charge is 0.478 e. The third kappa shape index (κ3) is 1.72. The molecule has 2 rings (SSSR count). The molecule has 0 aliphatic rings. The number of carbonyl (C=O) groups is 1. The standard InChI is InChI=1S/C9H8N4O2S/c1-12-9(16)13(11-10-12)7-4-2-6(3-5-7)8(14)15/h2-5H,1H3,(H,14,15). The van der Waals surface area contributed by atoms with Crippen LogP contribution in [0.15, 0.2) is 24.3 Å². The molecule has 0 amide bonds. The van der Waals surface area contributed by atoms with Gasteiger partial charge in [0.25, 0.3) is 0 Å². The fourth-order valence-electron chi connectivity index (χ4n) is 1.22. The molecule has 0 fully saturated rings. The maximum absolute atomic E-state index is 10.7. The van der Waals surface area contributed by atoms with Gasteiger partial charge in [0.05, 0.1) is 11.3 Å². The molecule has 0 radical (unpaired) electrons. The maximum Gasteiger partial charge on any atom is 0.335 e. The molecule has 6 nitrogen and oxygen atoms in total. The molecule has 0 aliphatic heterocycles. The van der Waals surface area contributed by atoms with Gasteiger partial charge in [0, 0.05) is 7.05 Å². The molecule has 0 bridgehead atoms. The van der Waals surface area contributed by atoms with Crippen LogP contribution in [0.2, 0.25) is 0 Å². The first kappa shape index (κ1) is 10.5. The highest BCUT2D eigenvalue weighted by Crippen LogP contribution is 2.08. The van der Waals surface area contributed by atoms with E-state index in [0.717, 1.165) is 0 Å². The van der Waals surface area contributed by atoms with Gasteiger partial charge in [-0.05, 0) is 46.9 Å². The number of hydrogen-bond donors (Lipinski definition) is 1. The van der Waals surface area contributed by atoms with Crippen molar-refractivity contribution in [2.75, 3.05) is 0 Å². The van der Waals surface area contributed by atoms with Gasteiger partial charge >= 0.3 is 5.97 Å². The van der Waals surface area contributed by atoms with E-state index in [0.29, 0.717) is 10.5 Å². The number of carboxylic acid groups (broad SMARTS) is 1. The molecule has 16 heavy (non-hydrogen) atoms. The van der Waals surface area contributed by atoms with E-state index in [2.05, 4.69) is 10.4 Å². The second-order valence-corrected chi connectivity index (χ2v) is 3.51. The van der Waals surface area contributed by atoms with Crippen LogP contribution in [0.1, 0.15) is 10.4 Å². The molecule has 1 aromatic heterocycles. The molecule has 82 valence electrons. The van der Waals surface area contributed by atoms with Crippen molar-refractivity contribution in [2.45, 2.75) is 0 Å². The summed E-state index contributed by atoms with van der Waals surface area (Å²) < 4.78 is 3.37. The van der Waals surface area contributed by atoms with Crippen molar-refractivity contribution in [1.82, 2.24) is 19.8 Å². The van der Waals surface area contributed by atoms with Gasteiger partial charge < -0.3 is 5.11 Å². The Morgan fingerprint density at radius 3 is 2.38 bits per heavy atom. The third-order valence-corrected chi connectivity index (χ3v) is 2.52. The van der Waals surface area contributed by atoms with Gasteiger partial charge in [-0.3, -0.25) is 0 Å². The molecule has 1 aromatic carbocycles. The molecule has 0 atom stereocenters. The Balaban J connectivity index is 2.46. The monoisotopic (exact) mass is 236 g/mol. The molecular formula is C9H8N4O2S. The normalized spacial score (nSPS) is 10.3. The Bertz CT molecular complexity index is 584. The lowest BCUT2D eigenvalue weighted by Crippen LogP contribution is -2.00. The number of aryl methyl sites for hydroxylation is 1. The fourth-order valence-corrected chi connectivity index (χ4v) is 1.40. The molecule has 7 heteroatoms. The average molecular weight is 236 g/mol. The van der Waals surface area contributed by atoms with Gasteiger partial charge in [-0.25, -0.2) is 9.48 Å². The molecule has 1 N–H and O–H groups in total. The quantitative estimate of drug-likeness (QED) is 0.788. The number of hydrogen-bond acceptors (Lipinski definition) is 4. The lowest BCUT2D eigenvalue weighted by molar-refractivity contribution is 0.0697. The third-order valence-electron chi connectivity index (χ3n) is 2.08. The highest BCUT2D eigenvalue weighted by atomic mass is 32.1. The van der Waals surface area contributed by atoms with Gasteiger partial charge in [-0.2, -0.15) is 4.68 Å². The van der Waals surface area contributed by atoms with Crippen LogP contribution in [0.3, 0.4) is 0 Å². The number of aromatic nitrogens is 4. The number of nitrogens with zero attached hydrogens (tertiary/aromatic N) is 4. The maximum atomic E-state index is 10.7. The Morgan fingerprint density at radius 2 is 1.94 bits per heavy atom. The summed E-state index contributed by atoms with van der Waals surface area (Å²) >= 11 is 5.08. The van der Waals surface area contributed by atoms with Gasteiger partial charge in [0.1, 0.15) is 0 Å². The van der Waals surface area contributed by atoms with Crippen LogP contribution in [-0.2, 0) is 7.05 Å². The van der Waals surface area contributed by atoms with E-state index in [4.69, 9.17) is 17.3 Å². The summed E-state index contributed by atoms with van der Waals surface area (Å²) in [6.45, 7) is 0. The summed E-state index contributed by atoms with van der Waals surface area (Å²) in [6, 6.07) is 6.25. The minimum absolute atomic E-state index is 0.221. The highest BCUT2D eigenvalue weighted by molar-refractivity contribution is 7.71. The second-order valence-electron chi connectivity index (χ2n) is 3.15. The van der Waals surface area contributed by atoms with Gasteiger partial charge in [0.15, 0.2) is 0 Å². The first-order valence-electron chi connectivity index (χ1n) is 4.42. The number of rotatable bonds is 2. The van der Waals surface area contributed by atoms with Crippen LogP contribution in [0.5, 0.6) is 0 Å². The zero-order valence-corrected chi connectivity index (χ0v) is 9.18. The van der Waals surface area contributed by atoms with Crippen LogP contribution in [0.25, 0.3) is 5.69 Å². The molecular weight excluding hydrogens is 228 g/mol. The van der Waals surface area contributed by atoms with Crippen molar-refractivity contribution in [1.29, 1.82) is 0 Å². The molecule has 0 saturated heterocycles. The van der Waals surface area contributed by atoms with Gasteiger partial charge in [-0.1, -0.05) is 0 Å². The molecule has 0 unspecified atom stereocenters. The summed E-state index contributed by atoms with van der Waals surface area (Å²) in [7, 11) is 1.69. The highest BCUT2D eigenvalue weighted by Gasteiger charge is 2.05. The first-order valence-corrected chi connectivity index (χ1v) is 4.83. The second kappa shape index (κ2) is 3.86. The zero-order chi connectivity index (χ0) is 11.7. The van der Waals surface area contributed by atoms with E-state index in [9.17, 15) is 4.79 Å². The van der Waals surface area contributed by atoms with Crippen LogP contribution in [0.4, 0.5) is 0 Å². The van der Waals surface area contributed by atoms with E-state index in [-0.39, 0.29) is 5.56 Å². The van der Waals surface area contributed by atoms with Crippen LogP contribution >= 0.6 is 12.2 Å². The van der Waals surface area contributed by atoms with E-state index >= 15 is 0 Å². The summed E-state index contributed by atoms with van der Waals surface area (Å²) in [5, 5.41) is 16.3. The summed E-state index contributed by atoms with van der Waals surface area (Å²) in [5.74, 6) is -0.964. The molecule has 2 aromatic rings. The Morgan fingerprint density at radius 1 is 1.31 bits per heavy atom. The summed E-state index contributed by atoms with van der Waals surface area (Å²) in [4.78, 5) is 10.7. The molecule has 1 heterocycles. The number of tetrazole rings is 1. The van der Waals surface area contributed by atoms with Crippen molar-refractivity contribution in [3.05, 3.63) is 34.6 Å². The predicted octanol–water partition coefficient (Wildman–Crippen LogP) is 1.03. The van der Waals surface area contributed by atoms with E-state index in [1.807, 2.05) is 0 Å². The Labute approximate surface area is 95.7 Å². The van der Waals surface area contributed by atoms with Crippen molar-refractivity contribution >= 4 is 18.2 Å². The van der Waals surface area contributed by atoms with Crippen molar-refractivity contribution in [3.8, 4) is 5.69 Å². The zero-order valence-electron chi connectivity index (χ0n) is 8.36. The number of benzene rings is 1. The average Bonchev–Trinajstić information content (AvgIpc) is 2.60. The fraction of sp³-hybridized carbons (Fsp3) is 0.111. The van der Waals surface area contributed by atoms with E-state index in [1.54, 1.807) is 19.2 Å². The summed E-state index contributed by atoms with van der Waals surface area (Å²) in [5.41, 5.74) is 0.905. The SMILES string of the molecule is Cn1nnn(-c2ccc(C(=O)O)cc2)c1=S. The first-order chi connectivity index (χ1) is 7.59. The minimum atomic E-state index is -0.964. The van der Waals surface area contributed by atoms with Crippen molar-refractivity contribution in [3.63, 3.8) is 0 Å². The van der Waals surface area contributed by atoms with E-state index < -0.39 is 5.97 Å². The number of carboxylic acids is 1. The molecule has 0 saturated carbocycles. The topological polar surface area (TPSA) is 72.9 Å².